The Hall–Kier alpha value is -1.53. The molecule has 0 atom stereocenters. The minimum Gasteiger partial charge on any atom is -0.468 e. The van der Waals surface area contributed by atoms with E-state index in [1.807, 2.05) is 52.8 Å². The number of ether oxygens (including phenoxy) is 1. The van der Waals surface area contributed by atoms with E-state index in [9.17, 15) is 4.79 Å². The number of carbonyl (C=O) groups excluding carboxylic acids is 1. The lowest BCUT2D eigenvalue weighted by atomic mass is 9.77. The van der Waals surface area contributed by atoms with Crippen LogP contribution in [0, 0.1) is 5.41 Å². The van der Waals surface area contributed by atoms with Crippen molar-refractivity contribution in [2.45, 2.75) is 45.8 Å². The topological polar surface area (TPSA) is 48.0 Å². The number of nitrogens with zero attached hydrogens (tertiary/aromatic N) is 1. The average Bonchev–Trinajstić information content (AvgIpc) is 2.71. The van der Waals surface area contributed by atoms with Gasteiger partial charge in [-0.25, -0.2) is 0 Å². The van der Waals surface area contributed by atoms with Crippen LogP contribution in [0.4, 0.5) is 5.69 Å². The van der Waals surface area contributed by atoms with E-state index in [1.165, 1.54) is 7.11 Å². The molecule has 0 unspecified atom stereocenters. The molecule has 0 bridgehead atoms. The summed E-state index contributed by atoms with van der Waals surface area (Å²) >= 11 is 0. The largest absolute Gasteiger partial charge is 0.494 e. The van der Waals surface area contributed by atoms with Gasteiger partial charge in [0.05, 0.1) is 23.7 Å². The second kappa shape index (κ2) is 5.50. The van der Waals surface area contributed by atoms with Crippen LogP contribution in [0.3, 0.4) is 0 Å². The summed E-state index contributed by atoms with van der Waals surface area (Å²) in [6.45, 7) is 11.5. The molecule has 1 aromatic carbocycles. The van der Waals surface area contributed by atoms with Crippen LogP contribution in [0.2, 0.25) is 0 Å². The van der Waals surface area contributed by atoms with Crippen LogP contribution in [0.5, 0.6) is 0 Å². The minimum absolute atomic E-state index is 0.152. The van der Waals surface area contributed by atoms with Crippen molar-refractivity contribution in [3.8, 4) is 0 Å². The van der Waals surface area contributed by atoms with Crippen LogP contribution in [0.1, 0.15) is 34.6 Å². The van der Waals surface area contributed by atoms with E-state index in [0.717, 1.165) is 11.2 Å². The van der Waals surface area contributed by atoms with E-state index in [2.05, 4.69) is 11.0 Å². The third-order valence-electron chi connectivity index (χ3n) is 5.52. The number of methoxy groups -OCH3 is 1. The highest BCUT2D eigenvalue weighted by atomic mass is 16.7. The van der Waals surface area contributed by atoms with Gasteiger partial charge >= 0.3 is 13.1 Å². The molecule has 0 aromatic heterocycles. The fourth-order valence-corrected chi connectivity index (χ4v) is 3.20. The lowest BCUT2D eigenvalue weighted by Gasteiger charge is -2.47. The van der Waals surface area contributed by atoms with Crippen LogP contribution >= 0.6 is 0 Å². The first-order chi connectivity index (χ1) is 11.1. The molecule has 1 aromatic rings. The Bertz CT molecular complexity index is 636. The Labute approximate surface area is 144 Å². The fraction of sp³-hybridized carbons (Fsp3) is 0.611. The zero-order chi connectivity index (χ0) is 17.8. The highest BCUT2D eigenvalue weighted by Gasteiger charge is 2.52. The summed E-state index contributed by atoms with van der Waals surface area (Å²) in [4.78, 5) is 14.0. The quantitative estimate of drug-likeness (QED) is 0.626. The van der Waals surface area contributed by atoms with Crippen LogP contribution in [0.15, 0.2) is 24.3 Å². The first-order valence-corrected chi connectivity index (χ1v) is 8.37. The van der Waals surface area contributed by atoms with Crippen molar-refractivity contribution in [2.75, 3.05) is 25.1 Å². The van der Waals surface area contributed by atoms with E-state index in [-0.39, 0.29) is 24.3 Å². The number of hydrogen-bond acceptors (Lipinski definition) is 5. The second-order valence-corrected chi connectivity index (χ2v) is 8.09. The highest BCUT2D eigenvalue weighted by Crippen LogP contribution is 2.38. The van der Waals surface area contributed by atoms with E-state index < -0.39 is 5.41 Å². The van der Waals surface area contributed by atoms with Crippen molar-refractivity contribution >= 4 is 24.2 Å². The van der Waals surface area contributed by atoms with E-state index in [4.69, 9.17) is 14.0 Å². The third kappa shape index (κ3) is 2.72. The van der Waals surface area contributed by atoms with Gasteiger partial charge in [-0.1, -0.05) is 12.1 Å². The van der Waals surface area contributed by atoms with Gasteiger partial charge in [-0.2, -0.15) is 0 Å². The molecule has 2 saturated heterocycles. The lowest BCUT2D eigenvalue weighted by Crippen LogP contribution is -2.59. The number of rotatable bonds is 3. The average molecular weight is 331 g/mol. The first-order valence-electron chi connectivity index (χ1n) is 8.37. The molecular formula is C18H26BNO4. The summed E-state index contributed by atoms with van der Waals surface area (Å²) in [6.07, 6.45) is 0. The molecule has 0 aliphatic carbocycles. The van der Waals surface area contributed by atoms with Crippen molar-refractivity contribution < 1.29 is 18.8 Å². The second-order valence-electron chi connectivity index (χ2n) is 8.09. The van der Waals surface area contributed by atoms with Crippen molar-refractivity contribution in [3.05, 3.63) is 24.3 Å². The van der Waals surface area contributed by atoms with Gasteiger partial charge in [0, 0.05) is 18.8 Å². The summed E-state index contributed by atoms with van der Waals surface area (Å²) in [5.41, 5.74) is 0.943. The molecule has 130 valence electrons. The number of hydrogen-bond donors (Lipinski definition) is 0. The van der Waals surface area contributed by atoms with Gasteiger partial charge in [0.1, 0.15) is 0 Å². The van der Waals surface area contributed by atoms with Crippen molar-refractivity contribution in [3.63, 3.8) is 0 Å². The standard InChI is InChI=1S/C18H26BNO4/c1-16(2)17(3,4)24-19(23-16)13-8-7-9-14(10-13)20-11-18(5,12-20)15(21)22-6/h7-10H,11-12H2,1-6H3. The van der Waals surface area contributed by atoms with Gasteiger partial charge in [0.15, 0.2) is 0 Å². The van der Waals surface area contributed by atoms with E-state index in [1.54, 1.807) is 0 Å². The maximum absolute atomic E-state index is 11.8. The number of carbonyl (C=O) groups is 1. The molecule has 2 aliphatic heterocycles. The summed E-state index contributed by atoms with van der Waals surface area (Å²) < 4.78 is 17.1. The number of benzene rings is 1. The predicted molar refractivity (Wildman–Crippen MR) is 94.5 cm³/mol. The van der Waals surface area contributed by atoms with Gasteiger partial charge in [-0.3, -0.25) is 4.79 Å². The Morgan fingerprint density at radius 1 is 1.12 bits per heavy atom. The molecule has 0 spiro atoms. The summed E-state index contributed by atoms with van der Waals surface area (Å²) in [5, 5.41) is 0. The molecule has 3 rings (SSSR count). The van der Waals surface area contributed by atoms with Crippen LogP contribution in [-0.4, -0.2) is 44.5 Å². The molecule has 0 amide bonds. The number of esters is 1. The van der Waals surface area contributed by atoms with Gasteiger partial charge in [-0.05, 0) is 52.2 Å². The van der Waals surface area contributed by atoms with Gasteiger partial charge in [0.2, 0.25) is 0 Å². The van der Waals surface area contributed by atoms with Crippen LogP contribution in [-0.2, 0) is 18.8 Å². The Morgan fingerprint density at radius 3 is 2.25 bits per heavy atom. The summed E-state index contributed by atoms with van der Waals surface area (Å²) in [7, 11) is 1.07. The SMILES string of the molecule is COC(=O)C1(C)CN(c2cccc(B3OC(C)(C)C(C)(C)O3)c2)C1. The normalized spacial score (nSPS) is 23.8. The maximum atomic E-state index is 11.8. The van der Waals surface area contributed by atoms with Crippen LogP contribution in [0.25, 0.3) is 0 Å². The molecule has 0 saturated carbocycles. The molecule has 5 nitrogen and oxygen atoms in total. The third-order valence-corrected chi connectivity index (χ3v) is 5.52. The van der Waals surface area contributed by atoms with E-state index >= 15 is 0 Å². The highest BCUT2D eigenvalue weighted by molar-refractivity contribution is 6.62. The molecule has 24 heavy (non-hydrogen) atoms. The molecule has 2 fully saturated rings. The molecule has 6 heteroatoms. The Kier molecular flexibility index (Phi) is 3.96. The van der Waals surface area contributed by atoms with E-state index in [0.29, 0.717) is 13.1 Å². The lowest BCUT2D eigenvalue weighted by molar-refractivity contribution is -0.153. The molecule has 0 radical (unpaired) electrons. The van der Waals surface area contributed by atoms with Crippen molar-refractivity contribution in [1.29, 1.82) is 0 Å². The van der Waals surface area contributed by atoms with Crippen molar-refractivity contribution in [1.82, 2.24) is 0 Å². The van der Waals surface area contributed by atoms with Gasteiger partial charge in [0.25, 0.3) is 0 Å². The van der Waals surface area contributed by atoms with Crippen LogP contribution < -0.4 is 10.4 Å². The Balaban J connectivity index is 1.74. The number of anilines is 1. The minimum atomic E-state index is -0.422. The fourth-order valence-electron chi connectivity index (χ4n) is 3.20. The summed E-state index contributed by atoms with van der Waals surface area (Å²) in [6, 6.07) is 8.15. The summed E-state index contributed by atoms with van der Waals surface area (Å²) in [5.74, 6) is -0.152. The first kappa shape index (κ1) is 17.3. The molecule has 2 aliphatic rings. The zero-order valence-electron chi connectivity index (χ0n) is 15.4. The smallest absolute Gasteiger partial charge is 0.468 e. The Morgan fingerprint density at radius 2 is 1.71 bits per heavy atom. The molecule has 0 N–H and O–H groups in total. The monoisotopic (exact) mass is 331 g/mol. The van der Waals surface area contributed by atoms with Gasteiger partial charge in [-0.15, -0.1) is 0 Å². The van der Waals surface area contributed by atoms with Gasteiger partial charge < -0.3 is 18.9 Å². The zero-order valence-corrected chi connectivity index (χ0v) is 15.4. The predicted octanol–water partition coefficient (Wildman–Crippen LogP) is 1.99. The maximum Gasteiger partial charge on any atom is 0.494 e. The molecule has 2 heterocycles. The van der Waals surface area contributed by atoms with Crippen molar-refractivity contribution in [2.24, 2.45) is 5.41 Å². The molecular weight excluding hydrogens is 305 g/mol.